The van der Waals surface area contributed by atoms with Crippen LogP contribution in [0.1, 0.15) is 22.0 Å². The summed E-state index contributed by atoms with van der Waals surface area (Å²) in [7, 11) is 1.75. The first-order valence-corrected chi connectivity index (χ1v) is 10.7. The van der Waals surface area contributed by atoms with Crippen molar-refractivity contribution >= 4 is 27.7 Å². The Labute approximate surface area is 197 Å². The third-order valence-electron chi connectivity index (χ3n) is 5.19. The number of aliphatic hydroxyl groups excluding tert-OH is 1. The van der Waals surface area contributed by atoms with Crippen molar-refractivity contribution in [2.24, 2.45) is 7.05 Å². The molecule has 168 valence electrons. The lowest BCUT2D eigenvalue weighted by molar-refractivity contribution is 0.0912. The van der Waals surface area contributed by atoms with Crippen LogP contribution in [0.25, 0.3) is 22.4 Å². The Bertz CT molecular complexity index is 1330. The number of carbonyl (C=O) groups excluding carboxylic acids is 1. The molecule has 0 aliphatic carbocycles. The zero-order valence-electron chi connectivity index (χ0n) is 17.5. The first-order chi connectivity index (χ1) is 15.9. The van der Waals surface area contributed by atoms with Crippen molar-refractivity contribution in [2.75, 3.05) is 12.3 Å². The van der Waals surface area contributed by atoms with Crippen molar-refractivity contribution in [2.45, 2.75) is 6.04 Å². The van der Waals surface area contributed by atoms with Gasteiger partial charge in [0.1, 0.15) is 11.6 Å². The summed E-state index contributed by atoms with van der Waals surface area (Å²) in [6, 6.07) is 12.5. The summed E-state index contributed by atoms with van der Waals surface area (Å²) < 4.78 is 17.4. The molecule has 4 N–H and O–H groups in total. The molecule has 2 aromatic carbocycles. The smallest absolute Gasteiger partial charge is 0.254 e. The highest BCUT2D eigenvalue weighted by molar-refractivity contribution is 9.10. The van der Waals surface area contributed by atoms with Gasteiger partial charge in [0, 0.05) is 28.8 Å². The van der Waals surface area contributed by atoms with E-state index in [0.717, 1.165) is 10.2 Å². The monoisotopic (exact) mass is 510 g/mol. The van der Waals surface area contributed by atoms with Crippen molar-refractivity contribution in [1.82, 2.24) is 25.3 Å². The molecule has 1 unspecified atom stereocenters. The number of nitrogens with one attached hydrogen (secondary N) is 1. The molecule has 2 heterocycles. The van der Waals surface area contributed by atoms with Crippen LogP contribution in [-0.2, 0) is 7.05 Å². The van der Waals surface area contributed by atoms with E-state index in [4.69, 9.17) is 5.73 Å². The minimum absolute atomic E-state index is 0.147. The lowest BCUT2D eigenvalue weighted by Gasteiger charge is -2.17. The van der Waals surface area contributed by atoms with E-state index in [1.54, 1.807) is 54.5 Å². The number of nitrogen functional groups attached to an aromatic ring is 1. The van der Waals surface area contributed by atoms with Crippen molar-refractivity contribution in [1.29, 1.82) is 0 Å². The predicted octanol–water partition coefficient (Wildman–Crippen LogP) is 3.49. The van der Waals surface area contributed by atoms with E-state index < -0.39 is 17.8 Å². The number of hydrogen-bond acceptors (Lipinski definition) is 6. The van der Waals surface area contributed by atoms with Crippen LogP contribution in [0, 0.1) is 5.82 Å². The van der Waals surface area contributed by atoms with Gasteiger partial charge in [-0.15, -0.1) is 5.10 Å². The number of aryl methyl sites for hydroxylation is 1. The molecule has 4 aromatic rings. The van der Waals surface area contributed by atoms with Crippen LogP contribution in [0.5, 0.6) is 0 Å². The molecule has 0 spiro atoms. The normalized spacial score (nSPS) is 11.9. The lowest BCUT2D eigenvalue weighted by Crippen LogP contribution is -2.31. The fraction of sp³-hybridized carbons (Fsp3) is 0.130. The predicted molar refractivity (Wildman–Crippen MR) is 125 cm³/mol. The average molecular weight is 511 g/mol. The Kier molecular flexibility index (Phi) is 6.47. The van der Waals surface area contributed by atoms with Crippen LogP contribution in [0.3, 0.4) is 0 Å². The van der Waals surface area contributed by atoms with Crippen molar-refractivity contribution < 1.29 is 14.3 Å². The maximum absolute atomic E-state index is 15.0. The summed E-state index contributed by atoms with van der Waals surface area (Å²) in [5.74, 6) is -1.14. The number of hydrogen-bond donors (Lipinski definition) is 3. The highest BCUT2D eigenvalue weighted by Gasteiger charge is 2.19. The Hall–Kier alpha value is -3.63. The highest BCUT2D eigenvalue weighted by Crippen LogP contribution is 2.30. The van der Waals surface area contributed by atoms with Gasteiger partial charge in [0.25, 0.3) is 5.91 Å². The van der Waals surface area contributed by atoms with Gasteiger partial charge in [0.05, 0.1) is 30.1 Å². The topological polar surface area (TPSA) is 119 Å². The summed E-state index contributed by atoms with van der Waals surface area (Å²) in [4.78, 5) is 16.9. The maximum Gasteiger partial charge on any atom is 0.254 e. The Morgan fingerprint density at radius 2 is 2.03 bits per heavy atom. The minimum atomic E-state index is -0.720. The standard InChI is InChI=1S/C23H20BrFN6O2/c1-31-21(11-28-30-31)15-8-18(22(26)27-10-15)13-5-6-17(19(25)9-13)23(33)29-20(12-32)14-3-2-4-16(24)7-14/h2-11,20,32H,12H2,1H3,(H2,26,27)(H,29,33). The summed E-state index contributed by atoms with van der Waals surface area (Å²) in [5, 5.41) is 20.2. The summed E-state index contributed by atoms with van der Waals surface area (Å²) >= 11 is 3.36. The molecule has 33 heavy (non-hydrogen) atoms. The van der Waals surface area contributed by atoms with E-state index >= 15 is 0 Å². The van der Waals surface area contributed by atoms with Gasteiger partial charge in [0.2, 0.25) is 0 Å². The number of aliphatic hydroxyl groups is 1. The number of anilines is 1. The summed E-state index contributed by atoms with van der Waals surface area (Å²) in [6.45, 7) is -0.334. The van der Waals surface area contributed by atoms with E-state index in [1.165, 1.54) is 12.1 Å². The number of rotatable bonds is 6. The van der Waals surface area contributed by atoms with Crippen LogP contribution in [0.2, 0.25) is 0 Å². The molecule has 8 nitrogen and oxygen atoms in total. The fourth-order valence-electron chi connectivity index (χ4n) is 3.46. The molecule has 0 radical (unpaired) electrons. The Balaban J connectivity index is 1.61. The SMILES string of the molecule is Cn1nncc1-c1cnc(N)c(-c2ccc(C(=O)NC(CO)c3cccc(Br)c3)c(F)c2)c1. The largest absolute Gasteiger partial charge is 0.394 e. The third kappa shape index (κ3) is 4.76. The van der Waals surface area contributed by atoms with Gasteiger partial charge in [-0.3, -0.25) is 4.79 Å². The van der Waals surface area contributed by atoms with E-state index in [-0.39, 0.29) is 18.0 Å². The molecule has 0 saturated heterocycles. The second kappa shape index (κ2) is 9.47. The van der Waals surface area contributed by atoms with E-state index in [2.05, 4.69) is 36.5 Å². The molecular formula is C23H20BrFN6O2. The first kappa shape index (κ1) is 22.6. The van der Waals surface area contributed by atoms with E-state index in [0.29, 0.717) is 22.3 Å². The molecule has 0 saturated carbocycles. The van der Waals surface area contributed by atoms with Gasteiger partial charge in [-0.1, -0.05) is 39.3 Å². The van der Waals surface area contributed by atoms with Gasteiger partial charge < -0.3 is 16.2 Å². The van der Waals surface area contributed by atoms with E-state index in [9.17, 15) is 14.3 Å². The van der Waals surface area contributed by atoms with Gasteiger partial charge in [-0.25, -0.2) is 14.1 Å². The molecule has 0 fully saturated rings. The minimum Gasteiger partial charge on any atom is -0.394 e. The third-order valence-corrected chi connectivity index (χ3v) is 5.69. The molecular weight excluding hydrogens is 491 g/mol. The van der Waals surface area contributed by atoms with Crippen LogP contribution < -0.4 is 11.1 Å². The lowest BCUT2D eigenvalue weighted by atomic mass is 10.0. The van der Waals surface area contributed by atoms with Gasteiger partial charge in [-0.2, -0.15) is 0 Å². The zero-order chi connectivity index (χ0) is 23.5. The van der Waals surface area contributed by atoms with Gasteiger partial charge in [-0.05, 0) is 41.5 Å². The van der Waals surface area contributed by atoms with E-state index in [1.807, 2.05) is 6.07 Å². The molecule has 2 aromatic heterocycles. The number of carbonyl (C=O) groups is 1. The molecule has 1 atom stereocenters. The molecule has 4 rings (SSSR count). The van der Waals surface area contributed by atoms with Gasteiger partial charge in [0.15, 0.2) is 0 Å². The second-order valence-corrected chi connectivity index (χ2v) is 8.27. The van der Waals surface area contributed by atoms with Crippen LogP contribution in [0.15, 0.2) is 65.4 Å². The number of nitrogens with zero attached hydrogens (tertiary/aromatic N) is 4. The van der Waals surface area contributed by atoms with Crippen molar-refractivity contribution in [3.8, 4) is 22.4 Å². The van der Waals surface area contributed by atoms with Gasteiger partial charge >= 0.3 is 0 Å². The van der Waals surface area contributed by atoms with Crippen LogP contribution >= 0.6 is 15.9 Å². The summed E-state index contributed by atoms with van der Waals surface area (Å²) in [6.07, 6.45) is 3.18. The first-order valence-electron chi connectivity index (χ1n) is 9.95. The second-order valence-electron chi connectivity index (χ2n) is 7.36. The molecule has 1 amide bonds. The number of pyridine rings is 1. The number of benzene rings is 2. The number of halogens is 2. The van der Waals surface area contributed by atoms with Crippen molar-refractivity contribution in [3.05, 3.63) is 82.3 Å². The molecule has 0 aliphatic heterocycles. The average Bonchev–Trinajstić information content (AvgIpc) is 3.23. The van der Waals surface area contributed by atoms with Crippen LogP contribution in [-0.4, -0.2) is 37.6 Å². The summed E-state index contributed by atoms with van der Waals surface area (Å²) in [5.41, 5.74) is 9.01. The van der Waals surface area contributed by atoms with Crippen LogP contribution in [0.4, 0.5) is 10.2 Å². The molecule has 0 aliphatic rings. The maximum atomic E-state index is 15.0. The highest BCUT2D eigenvalue weighted by atomic mass is 79.9. The van der Waals surface area contributed by atoms with Crippen molar-refractivity contribution in [3.63, 3.8) is 0 Å². The fourth-order valence-corrected chi connectivity index (χ4v) is 3.88. The number of nitrogens with two attached hydrogens (primary N) is 1. The number of aromatic nitrogens is 4. The molecule has 10 heteroatoms. The number of amides is 1. The quantitative estimate of drug-likeness (QED) is 0.365. The Morgan fingerprint density at radius 1 is 1.21 bits per heavy atom. The Morgan fingerprint density at radius 3 is 2.70 bits per heavy atom. The molecule has 0 bridgehead atoms. The zero-order valence-corrected chi connectivity index (χ0v) is 19.1.